The molecule has 0 unspecified atom stereocenters. The maximum absolute atomic E-state index is 11.5. The second-order valence-corrected chi connectivity index (χ2v) is 3.58. The van der Waals surface area contributed by atoms with Crippen LogP contribution >= 0.6 is 0 Å². The smallest absolute Gasteiger partial charge is 0.334 e. The van der Waals surface area contributed by atoms with Crippen LogP contribution in [0, 0.1) is 25.4 Å². The fourth-order valence-corrected chi connectivity index (χ4v) is 1.66. The van der Waals surface area contributed by atoms with Crippen molar-refractivity contribution in [1.29, 1.82) is 0 Å². The standard InChI is InChI=1S/C8H7N5O7/c14-2-1-9-6-4(11(15)16)3-5(12(17)18)7-8(6)13(19)20-10-7/h3,9,14H,1-2H2. The van der Waals surface area contributed by atoms with Crippen molar-refractivity contribution in [3.63, 3.8) is 0 Å². The van der Waals surface area contributed by atoms with Gasteiger partial charge in [0.05, 0.1) is 21.6 Å². The van der Waals surface area contributed by atoms with Crippen molar-refractivity contribution in [2.75, 3.05) is 18.5 Å². The Morgan fingerprint density at radius 2 is 2.00 bits per heavy atom. The molecule has 0 amide bonds. The van der Waals surface area contributed by atoms with Crippen LogP contribution < -0.4 is 10.2 Å². The van der Waals surface area contributed by atoms with E-state index >= 15 is 0 Å². The van der Waals surface area contributed by atoms with Gasteiger partial charge in [-0.2, -0.15) is 0 Å². The van der Waals surface area contributed by atoms with E-state index in [9.17, 15) is 25.4 Å². The van der Waals surface area contributed by atoms with Gasteiger partial charge in [0, 0.05) is 6.54 Å². The monoisotopic (exact) mass is 285 g/mol. The summed E-state index contributed by atoms with van der Waals surface area (Å²) in [5.74, 6) is 0. The molecular formula is C8H7N5O7. The van der Waals surface area contributed by atoms with Crippen molar-refractivity contribution in [2.24, 2.45) is 0 Å². The van der Waals surface area contributed by atoms with Crippen LogP contribution in [0.1, 0.15) is 0 Å². The van der Waals surface area contributed by atoms with Gasteiger partial charge < -0.3 is 15.6 Å². The first-order valence-electron chi connectivity index (χ1n) is 5.17. The minimum Gasteiger partial charge on any atom is -0.395 e. The summed E-state index contributed by atoms with van der Waals surface area (Å²) in [6.45, 7) is -0.460. The third-order valence-corrected chi connectivity index (χ3v) is 2.43. The van der Waals surface area contributed by atoms with Crippen molar-refractivity contribution in [3.8, 4) is 0 Å². The van der Waals surface area contributed by atoms with Crippen molar-refractivity contribution in [2.45, 2.75) is 0 Å². The number of rotatable bonds is 5. The summed E-state index contributed by atoms with van der Waals surface area (Å²) in [6, 6.07) is 0.671. The third kappa shape index (κ3) is 2.03. The van der Waals surface area contributed by atoms with E-state index in [4.69, 9.17) is 5.11 Å². The molecule has 0 fully saturated rings. The second-order valence-electron chi connectivity index (χ2n) is 3.58. The molecule has 0 aliphatic carbocycles. The average Bonchev–Trinajstić information content (AvgIpc) is 2.77. The molecule has 12 nitrogen and oxygen atoms in total. The molecule has 0 aliphatic heterocycles. The summed E-state index contributed by atoms with van der Waals surface area (Å²) >= 11 is 0. The van der Waals surface area contributed by atoms with E-state index in [1.54, 1.807) is 0 Å². The zero-order valence-corrected chi connectivity index (χ0v) is 9.68. The molecule has 2 rings (SSSR count). The van der Waals surface area contributed by atoms with E-state index in [0.717, 1.165) is 0 Å². The van der Waals surface area contributed by atoms with Gasteiger partial charge in [0.15, 0.2) is 5.69 Å². The molecule has 0 bridgehead atoms. The van der Waals surface area contributed by atoms with Gasteiger partial charge in [0.25, 0.3) is 5.52 Å². The molecule has 2 N–H and O–H groups in total. The van der Waals surface area contributed by atoms with Gasteiger partial charge in [-0.15, -0.1) is 0 Å². The molecule has 1 aromatic carbocycles. The summed E-state index contributed by atoms with van der Waals surface area (Å²) in [5.41, 5.74) is -2.61. The van der Waals surface area contributed by atoms with Gasteiger partial charge in [-0.1, -0.05) is 0 Å². The lowest BCUT2D eigenvalue weighted by molar-refractivity contribution is -0.782. The van der Waals surface area contributed by atoms with Crippen LogP contribution in [0.15, 0.2) is 10.7 Å². The maximum atomic E-state index is 11.5. The van der Waals surface area contributed by atoms with Crippen molar-refractivity contribution < 1.29 is 24.5 Å². The molecule has 0 saturated carbocycles. The highest BCUT2D eigenvalue weighted by molar-refractivity contribution is 5.96. The lowest BCUT2D eigenvalue weighted by Gasteiger charge is -2.04. The summed E-state index contributed by atoms with van der Waals surface area (Å²) in [7, 11) is 0. The highest BCUT2D eigenvalue weighted by atomic mass is 16.8. The molecule has 0 radical (unpaired) electrons. The summed E-state index contributed by atoms with van der Waals surface area (Å²) in [6.07, 6.45) is 0. The predicted octanol–water partition coefficient (Wildman–Crippen LogP) is -0.318. The Labute approximate surface area is 109 Å². The van der Waals surface area contributed by atoms with Gasteiger partial charge in [0.1, 0.15) is 6.07 Å². The number of nitro groups is 2. The van der Waals surface area contributed by atoms with Crippen LogP contribution in [0.2, 0.25) is 0 Å². The molecule has 0 spiro atoms. The first-order chi connectivity index (χ1) is 9.47. The summed E-state index contributed by atoms with van der Waals surface area (Å²) < 4.78 is 4.24. The van der Waals surface area contributed by atoms with Gasteiger partial charge in [-0.05, 0) is 4.90 Å². The van der Waals surface area contributed by atoms with Crippen molar-refractivity contribution in [3.05, 3.63) is 31.5 Å². The quantitative estimate of drug-likeness (QED) is 0.424. The zero-order valence-electron chi connectivity index (χ0n) is 9.68. The summed E-state index contributed by atoms with van der Waals surface area (Å²) in [4.78, 5) is 19.8. The largest absolute Gasteiger partial charge is 0.395 e. The Balaban J connectivity index is 2.82. The Morgan fingerprint density at radius 3 is 2.55 bits per heavy atom. The Kier molecular flexibility index (Phi) is 3.30. The molecular weight excluding hydrogens is 278 g/mol. The van der Waals surface area contributed by atoms with Gasteiger partial charge in [-0.3, -0.25) is 24.9 Å². The molecule has 2 aromatic rings. The third-order valence-electron chi connectivity index (χ3n) is 2.43. The highest BCUT2D eigenvalue weighted by Gasteiger charge is 2.34. The number of hydrogen-bond acceptors (Lipinski definition) is 9. The number of nitrogens with zero attached hydrogens (tertiary/aromatic N) is 4. The topological polar surface area (TPSA) is 172 Å². The van der Waals surface area contributed by atoms with E-state index in [-0.39, 0.29) is 23.7 Å². The van der Waals surface area contributed by atoms with E-state index in [0.29, 0.717) is 6.07 Å². The molecule has 12 heteroatoms. The molecule has 1 aromatic heterocycles. The molecule has 106 valence electrons. The Morgan fingerprint density at radius 1 is 1.35 bits per heavy atom. The number of hydrogen-bond donors (Lipinski definition) is 2. The van der Waals surface area contributed by atoms with E-state index < -0.39 is 32.3 Å². The second kappa shape index (κ2) is 4.93. The lowest BCUT2D eigenvalue weighted by atomic mass is 10.2. The van der Waals surface area contributed by atoms with Crippen LogP contribution in [0.3, 0.4) is 0 Å². The number of anilines is 1. The number of non-ortho nitro benzene ring substituents is 1. The summed E-state index contributed by atoms with van der Waals surface area (Å²) in [5, 5.41) is 47.7. The molecule has 0 aliphatic rings. The number of nitrogens with one attached hydrogen (secondary N) is 1. The lowest BCUT2D eigenvalue weighted by Crippen LogP contribution is -2.24. The van der Waals surface area contributed by atoms with Crippen LogP contribution in [-0.2, 0) is 0 Å². The Bertz CT molecular complexity index is 696. The normalized spacial score (nSPS) is 10.7. The van der Waals surface area contributed by atoms with E-state index in [1.807, 2.05) is 0 Å². The number of aliphatic hydroxyl groups is 1. The minimum atomic E-state index is -0.909. The zero-order chi connectivity index (χ0) is 14.9. The van der Waals surface area contributed by atoms with E-state index in [1.165, 1.54) is 0 Å². The van der Waals surface area contributed by atoms with Gasteiger partial charge in [-0.25, -0.2) is 0 Å². The molecule has 1 heterocycles. The number of benzene rings is 1. The predicted molar refractivity (Wildman–Crippen MR) is 61.9 cm³/mol. The van der Waals surface area contributed by atoms with Crippen molar-refractivity contribution in [1.82, 2.24) is 5.16 Å². The fourth-order valence-electron chi connectivity index (χ4n) is 1.66. The van der Waals surface area contributed by atoms with Gasteiger partial charge in [0.2, 0.25) is 0 Å². The van der Waals surface area contributed by atoms with Crippen LogP contribution in [0.5, 0.6) is 0 Å². The van der Waals surface area contributed by atoms with E-state index in [2.05, 4.69) is 15.1 Å². The first-order valence-corrected chi connectivity index (χ1v) is 5.17. The van der Waals surface area contributed by atoms with Crippen LogP contribution in [0.4, 0.5) is 17.1 Å². The van der Waals surface area contributed by atoms with Crippen LogP contribution in [-0.4, -0.2) is 33.3 Å². The number of aliphatic hydroxyl groups excluding tert-OH is 1. The Hall–Kier alpha value is -3.02. The molecule has 20 heavy (non-hydrogen) atoms. The average molecular weight is 285 g/mol. The molecule has 0 saturated heterocycles. The SMILES string of the molecule is O=[N+]([O-])c1cc([N+](=O)[O-])c2no[n+]([O-])c2c1NCCO. The maximum Gasteiger partial charge on any atom is 0.334 e. The molecule has 0 atom stereocenters. The number of nitro benzene ring substituents is 2. The van der Waals surface area contributed by atoms with Crippen LogP contribution in [0.25, 0.3) is 11.0 Å². The van der Waals surface area contributed by atoms with Gasteiger partial charge >= 0.3 is 16.9 Å². The number of aromatic nitrogens is 2. The van der Waals surface area contributed by atoms with Crippen molar-refractivity contribution >= 4 is 28.1 Å². The first kappa shape index (κ1) is 13.4. The minimum absolute atomic E-state index is 0.0983. The highest BCUT2D eigenvalue weighted by Crippen LogP contribution is 2.36. The fraction of sp³-hybridized carbons (Fsp3) is 0.250. The number of fused-ring (bicyclic) bond motifs is 1.